The molecule has 6 atom stereocenters. The molecule has 156 valence electrons. The first-order valence-corrected chi connectivity index (χ1v) is 9.47. The highest BCUT2D eigenvalue weighted by Gasteiger charge is 2.63. The second-order valence-corrected chi connectivity index (χ2v) is 8.83. The van der Waals surface area contributed by atoms with Crippen LogP contribution in [0.5, 0.6) is 0 Å². The number of nitrogens with zero attached hydrogens (tertiary/aromatic N) is 1. The van der Waals surface area contributed by atoms with Gasteiger partial charge in [0.15, 0.2) is 23.6 Å². The van der Waals surface area contributed by atoms with Gasteiger partial charge in [-0.3, -0.25) is 14.5 Å². The summed E-state index contributed by atoms with van der Waals surface area (Å²) in [6.45, 7) is 8.85. The third-order valence-corrected chi connectivity index (χ3v) is 5.50. The van der Waals surface area contributed by atoms with E-state index in [1.807, 2.05) is 0 Å². The van der Waals surface area contributed by atoms with Crippen molar-refractivity contribution < 1.29 is 38.4 Å². The number of hydrogen-bond donors (Lipinski definition) is 1. The van der Waals surface area contributed by atoms with Gasteiger partial charge in [-0.05, 0) is 40.7 Å². The summed E-state index contributed by atoms with van der Waals surface area (Å²) < 4.78 is 30.1. The first-order chi connectivity index (χ1) is 12.9. The Balaban J connectivity index is 1.75. The van der Waals surface area contributed by atoms with Crippen LogP contribution in [0.1, 0.15) is 41.0 Å². The lowest BCUT2D eigenvalue weighted by molar-refractivity contribution is -0.334. The van der Waals surface area contributed by atoms with E-state index in [1.54, 1.807) is 34.6 Å². The van der Waals surface area contributed by atoms with Crippen LogP contribution in [-0.2, 0) is 33.3 Å². The van der Waals surface area contributed by atoms with E-state index in [9.17, 15) is 14.7 Å². The normalized spacial score (nSPS) is 44.8. The summed E-state index contributed by atoms with van der Waals surface area (Å²) in [5, 5.41) is 11.5. The molecule has 28 heavy (non-hydrogen) atoms. The fourth-order valence-electron chi connectivity index (χ4n) is 4.24. The first kappa shape index (κ1) is 19.9. The summed E-state index contributed by atoms with van der Waals surface area (Å²) in [4.78, 5) is 25.3. The van der Waals surface area contributed by atoms with Crippen LogP contribution in [0.3, 0.4) is 0 Å². The molecule has 4 heterocycles. The molecule has 9 nitrogen and oxygen atoms in total. The number of carbonyl (C=O) groups excluding carboxylic acids is 2. The molecule has 0 aromatic carbocycles. The fraction of sp³-hybridized carbons (Fsp3) is 0.789. The van der Waals surface area contributed by atoms with Crippen LogP contribution in [0.2, 0.25) is 0 Å². The Kier molecular flexibility index (Phi) is 4.50. The standard InChI is InChI=1S/C19H27NO8/c1-17(2)24-9-11-13(26-17)14-15(28-18(3,4)27-14)19(5,23)16(25-11)20-7-6-10(21)8-12(20)22/h6-7,11,13-16,23H,8-9H2,1-5H3/t11?,13-,14?,15+,16-,19+/m1/s1. The number of carbonyl (C=O) groups is 2. The molecule has 4 aliphatic heterocycles. The van der Waals surface area contributed by atoms with E-state index >= 15 is 0 Å². The molecule has 1 N–H and O–H groups in total. The number of aliphatic hydroxyl groups is 1. The van der Waals surface area contributed by atoms with E-state index in [4.69, 9.17) is 23.7 Å². The molecular formula is C19H27NO8. The van der Waals surface area contributed by atoms with Crippen molar-refractivity contribution in [3.8, 4) is 0 Å². The van der Waals surface area contributed by atoms with Crippen molar-refractivity contribution in [1.82, 2.24) is 4.90 Å². The van der Waals surface area contributed by atoms with Crippen LogP contribution < -0.4 is 0 Å². The van der Waals surface area contributed by atoms with Crippen LogP contribution in [0, 0.1) is 0 Å². The Bertz CT molecular complexity index is 715. The molecule has 0 aromatic rings. The van der Waals surface area contributed by atoms with Gasteiger partial charge in [0.25, 0.3) is 0 Å². The van der Waals surface area contributed by atoms with E-state index in [2.05, 4.69) is 0 Å². The third-order valence-electron chi connectivity index (χ3n) is 5.50. The van der Waals surface area contributed by atoms with Gasteiger partial charge in [0.2, 0.25) is 5.91 Å². The number of ketones is 1. The number of fused-ring (bicyclic) bond motifs is 3. The summed E-state index contributed by atoms with van der Waals surface area (Å²) in [5.41, 5.74) is -1.64. The Hall–Kier alpha value is -1.36. The van der Waals surface area contributed by atoms with Crippen LogP contribution in [0.15, 0.2) is 12.3 Å². The van der Waals surface area contributed by atoms with E-state index in [-0.39, 0.29) is 18.8 Å². The highest BCUT2D eigenvalue weighted by Crippen LogP contribution is 2.45. The van der Waals surface area contributed by atoms with Crippen LogP contribution in [-0.4, -0.2) is 76.1 Å². The average Bonchev–Trinajstić information content (AvgIpc) is 2.87. The SMILES string of the molecule is CC1(C)OCC2O[C@@H](N3C=CC(=O)CC3=O)[C@@](C)(O)[C@H]3OC(C)(C)OC3[C@@H]2O1. The molecule has 0 bridgehead atoms. The van der Waals surface area contributed by atoms with Crippen molar-refractivity contribution in [3.63, 3.8) is 0 Å². The molecular weight excluding hydrogens is 370 g/mol. The minimum Gasteiger partial charge on any atom is -0.383 e. The predicted octanol–water partition coefficient (Wildman–Crippen LogP) is 0.449. The summed E-state index contributed by atoms with van der Waals surface area (Å²) >= 11 is 0. The predicted molar refractivity (Wildman–Crippen MR) is 93.6 cm³/mol. The molecule has 0 saturated carbocycles. The lowest BCUT2D eigenvalue weighted by atomic mass is 9.89. The number of rotatable bonds is 1. The second-order valence-electron chi connectivity index (χ2n) is 8.83. The minimum atomic E-state index is -1.64. The third kappa shape index (κ3) is 3.30. The Labute approximate surface area is 163 Å². The zero-order valence-electron chi connectivity index (χ0n) is 16.7. The maximum Gasteiger partial charge on any atom is 0.236 e. The summed E-state index contributed by atoms with van der Waals surface area (Å²) in [5.74, 6) is -2.55. The fourth-order valence-corrected chi connectivity index (χ4v) is 4.24. The second kappa shape index (κ2) is 6.32. The lowest BCUT2D eigenvalue weighted by Gasteiger charge is -2.43. The van der Waals surface area contributed by atoms with Crippen molar-refractivity contribution in [2.24, 2.45) is 0 Å². The van der Waals surface area contributed by atoms with Gasteiger partial charge in [0.1, 0.15) is 30.0 Å². The molecule has 3 fully saturated rings. The molecule has 4 rings (SSSR count). The first-order valence-electron chi connectivity index (χ1n) is 9.47. The number of amides is 1. The van der Waals surface area contributed by atoms with Gasteiger partial charge in [0, 0.05) is 6.20 Å². The Morgan fingerprint density at radius 3 is 2.39 bits per heavy atom. The van der Waals surface area contributed by atoms with Crippen molar-refractivity contribution in [2.75, 3.05) is 6.61 Å². The molecule has 3 saturated heterocycles. The van der Waals surface area contributed by atoms with Gasteiger partial charge in [-0.25, -0.2) is 0 Å². The summed E-state index contributed by atoms with van der Waals surface area (Å²) in [7, 11) is 0. The van der Waals surface area contributed by atoms with E-state index in [0.717, 1.165) is 0 Å². The van der Waals surface area contributed by atoms with Gasteiger partial charge in [-0.1, -0.05) is 0 Å². The monoisotopic (exact) mass is 397 g/mol. The molecule has 0 spiro atoms. The van der Waals surface area contributed by atoms with E-state index in [0.29, 0.717) is 0 Å². The highest BCUT2D eigenvalue weighted by atomic mass is 16.8. The topological polar surface area (TPSA) is 104 Å². The molecule has 0 radical (unpaired) electrons. The summed E-state index contributed by atoms with van der Waals surface area (Å²) in [6, 6.07) is 0. The summed E-state index contributed by atoms with van der Waals surface area (Å²) in [6.07, 6.45) is -1.36. The van der Waals surface area contributed by atoms with Crippen molar-refractivity contribution >= 4 is 11.7 Å². The zero-order valence-corrected chi connectivity index (χ0v) is 16.7. The van der Waals surface area contributed by atoms with Crippen LogP contribution in [0.4, 0.5) is 0 Å². The van der Waals surface area contributed by atoms with Crippen molar-refractivity contribution in [1.29, 1.82) is 0 Å². The minimum absolute atomic E-state index is 0.196. The van der Waals surface area contributed by atoms with E-state index in [1.165, 1.54) is 17.2 Å². The van der Waals surface area contributed by atoms with Crippen molar-refractivity contribution in [2.45, 2.75) is 88.9 Å². The van der Waals surface area contributed by atoms with Gasteiger partial charge < -0.3 is 28.8 Å². The van der Waals surface area contributed by atoms with Crippen molar-refractivity contribution in [3.05, 3.63) is 12.3 Å². The van der Waals surface area contributed by atoms with Gasteiger partial charge >= 0.3 is 0 Å². The van der Waals surface area contributed by atoms with E-state index < -0.39 is 53.7 Å². The molecule has 0 aromatic heterocycles. The Morgan fingerprint density at radius 1 is 1.04 bits per heavy atom. The van der Waals surface area contributed by atoms with Gasteiger partial charge in [0.05, 0.1) is 13.0 Å². The molecule has 4 aliphatic rings. The molecule has 1 amide bonds. The highest BCUT2D eigenvalue weighted by molar-refractivity contribution is 6.06. The largest absolute Gasteiger partial charge is 0.383 e. The number of ether oxygens (including phenoxy) is 5. The molecule has 2 unspecified atom stereocenters. The smallest absolute Gasteiger partial charge is 0.236 e. The zero-order chi connectivity index (χ0) is 20.5. The quantitative estimate of drug-likeness (QED) is 0.636. The Morgan fingerprint density at radius 2 is 1.71 bits per heavy atom. The molecule has 0 aliphatic carbocycles. The maximum atomic E-state index is 12.5. The van der Waals surface area contributed by atoms with Crippen LogP contribution >= 0.6 is 0 Å². The number of hydrogen-bond acceptors (Lipinski definition) is 8. The lowest BCUT2D eigenvalue weighted by Crippen LogP contribution is -2.60. The maximum absolute atomic E-state index is 12.5. The molecule has 9 heteroatoms. The van der Waals surface area contributed by atoms with Gasteiger partial charge in [-0.2, -0.15) is 0 Å². The average molecular weight is 397 g/mol. The number of allylic oxidation sites excluding steroid dienone is 1. The van der Waals surface area contributed by atoms with Crippen LogP contribution in [0.25, 0.3) is 0 Å². The van der Waals surface area contributed by atoms with Gasteiger partial charge in [-0.15, -0.1) is 0 Å².